The minimum atomic E-state index is -4.65. The van der Waals surface area contributed by atoms with E-state index in [9.17, 15) is 23.1 Å². The Morgan fingerprint density at radius 2 is 1.79 bits per heavy atom. The van der Waals surface area contributed by atoms with Crippen LogP contribution in [0.15, 0.2) is 55.1 Å². The van der Waals surface area contributed by atoms with Crippen molar-refractivity contribution < 1.29 is 23.1 Å². The van der Waals surface area contributed by atoms with Gasteiger partial charge >= 0.3 is 12.2 Å². The molecular formula is C24H24ClF3N8O2. The molecule has 1 atom stereocenters. The van der Waals surface area contributed by atoms with E-state index in [1.165, 1.54) is 12.4 Å². The van der Waals surface area contributed by atoms with Gasteiger partial charge in [-0.2, -0.15) is 13.2 Å². The fourth-order valence-electron chi connectivity index (χ4n) is 3.61. The molecular weight excluding hydrogens is 525 g/mol. The van der Waals surface area contributed by atoms with Gasteiger partial charge in [-0.1, -0.05) is 18.5 Å². The van der Waals surface area contributed by atoms with Gasteiger partial charge < -0.3 is 20.6 Å². The molecule has 0 fully saturated rings. The summed E-state index contributed by atoms with van der Waals surface area (Å²) in [6.07, 6.45) is -1.81. The Kier molecular flexibility index (Phi) is 7.99. The number of amides is 2. The Hall–Kier alpha value is -3.94. The molecule has 2 heterocycles. The van der Waals surface area contributed by atoms with Crippen LogP contribution in [0.2, 0.25) is 5.02 Å². The highest BCUT2D eigenvalue weighted by molar-refractivity contribution is 6.31. The second-order valence-corrected chi connectivity index (χ2v) is 8.65. The molecule has 38 heavy (non-hydrogen) atoms. The van der Waals surface area contributed by atoms with Gasteiger partial charge in [0.1, 0.15) is 12.7 Å². The number of carbonyl (C=O) groups excluding carboxylic acids is 1. The number of benzene rings is 2. The minimum Gasteiger partial charge on any atom is -0.361 e. The minimum absolute atomic E-state index is 0.0591. The van der Waals surface area contributed by atoms with Gasteiger partial charge in [-0.05, 0) is 55.4 Å². The summed E-state index contributed by atoms with van der Waals surface area (Å²) in [5, 5.41) is 17.8. The van der Waals surface area contributed by atoms with Crippen molar-refractivity contribution in [2.45, 2.75) is 25.9 Å². The number of nitrogens with one attached hydrogen (secondary N) is 3. The lowest BCUT2D eigenvalue weighted by molar-refractivity contribution is -0.137. The highest BCUT2D eigenvalue weighted by atomic mass is 35.5. The van der Waals surface area contributed by atoms with Gasteiger partial charge in [-0.3, -0.25) is 9.88 Å². The van der Waals surface area contributed by atoms with Crippen molar-refractivity contribution in [1.29, 1.82) is 0 Å². The molecule has 10 nitrogen and oxygen atoms in total. The number of aliphatic hydroxyl groups excluding tert-OH is 1. The molecule has 4 N–H and O–H groups in total. The van der Waals surface area contributed by atoms with Crippen LogP contribution < -0.4 is 20.9 Å². The van der Waals surface area contributed by atoms with Crippen LogP contribution in [0.4, 0.5) is 35.2 Å². The molecule has 0 aliphatic rings. The number of rotatable bonds is 8. The van der Waals surface area contributed by atoms with E-state index >= 15 is 0 Å². The van der Waals surface area contributed by atoms with Gasteiger partial charge in [0, 0.05) is 24.1 Å². The summed E-state index contributed by atoms with van der Waals surface area (Å²) in [6, 6.07) is 9.05. The zero-order valence-corrected chi connectivity index (χ0v) is 21.0. The van der Waals surface area contributed by atoms with Crippen molar-refractivity contribution in [2.75, 3.05) is 29.1 Å². The lowest BCUT2D eigenvalue weighted by Gasteiger charge is -2.25. The number of carbonyl (C=O) groups is 1. The Morgan fingerprint density at radius 1 is 1.11 bits per heavy atom. The molecule has 14 heteroatoms. The molecule has 0 aliphatic heterocycles. The van der Waals surface area contributed by atoms with Gasteiger partial charge in [0.25, 0.3) is 0 Å². The Balaban J connectivity index is 1.48. The quantitative estimate of drug-likeness (QED) is 0.232. The summed E-state index contributed by atoms with van der Waals surface area (Å²) >= 11 is 5.62. The van der Waals surface area contributed by atoms with Gasteiger partial charge in [0.05, 0.1) is 10.6 Å². The first-order valence-electron chi connectivity index (χ1n) is 11.5. The number of aromatic nitrogens is 4. The topological polar surface area (TPSA) is 120 Å². The number of halogens is 4. The largest absolute Gasteiger partial charge is 0.417 e. The van der Waals surface area contributed by atoms with Crippen LogP contribution in [-0.4, -0.2) is 50.6 Å². The average molecular weight is 549 g/mol. The van der Waals surface area contributed by atoms with Crippen LogP contribution >= 0.6 is 11.6 Å². The zero-order valence-electron chi connectivity index (χ0n) is 20.3. The van der Waals surface area contributed by atoms with Crippen molar-refractivity contribution in [2.24, 2.45) is 0 Å². The maximum absolute atomic E-state index is 13.1. The number of urea groups is 1. The fourth-order valence-corrected chi connectivity index (χ4v) is 3.84. The van der Waals surface area contributed by atoms with Crippen LogP contribution in [0, 0.1) is 0 Å². The molecule has 2 amide bonds. The molecule has 0 spiro atoms. The van der Waals surface area contributed by atoms with Gasteiger partial charge in [0.2, 0.25) is 0 Å². The highest BCUT2D eigenvalue weighted by Crippen LogP contribution is 2.36. The molecule has 0 saturated carbocycles. The normalized spacial score (nSPS) is 12.4. The van der Waals surface area contributed by atoms with Gasteiger partial charge in [-0.25, -0.2) is 19.7 Å². The predicted molar refractivity (Wildman–Crippen MR) is 138 cm³/mol. The maximum atomic E-state index is 13.1. The third kappa shape index (κ3) is 5.96. The number of anilines is 3. The molecule has 4 rings (SSSR count). The van der Waals surface area contributed by atoms with Crippen molar-refractivity contribution in [3.8, 4) is 5.69 Å². The van der Waals surface area contributed by atoms with E-state index in [4.69, 9.17) is 11.6 Å². The van der Waals surface area contributed by atoms with E-state index in [0.717, 1.165) is 18.6 Å². The number of fused-ring (bicyclic) bond motifs is 1. The van der Waals surface area contributed by atoms with E-state index in [1.807, 2.05) is 6.92 Å². The SMILES string of the molecule is CCCNC(O)N(C)c1ncnc2c1ncn2-c1ccc(NC(=O)Nc2ccc(Cl)c(C(F)(F)F)c2)cc1. The van der Waals surface area contributed by atoms with Crippen LogP contribution in [0.1, 0.15) is 18.9 Å². The van der Waals surface area contributed by atoms with Crippen molar-refractivity contribution in [3.63, 3.8) is 0 Å². The molecule has 0 aliphatic carbocycles. The second kappa shape index (κ2) is 11.2. The number of imidazole rings is 1. The number of alkyl halides is 3. The zero-order chi connectivity index (χ0) is 27.4. The average Bonchev–Trinajstić information content (AvgIpc) is 3.32. The molecule has 0 saturated heterocycles. The highest BCUT2D eigenvalue weighted by Gasteiger charge is 2.33. The third-order valence-electron chi connectivity index (χ3n) is 5.52. The number of hydrogen-bond donors (Lipinski definition) is 4. The molecule has 4 aromatic rings. The van der Waals surface area contributed by atoms with Crippen LogP contribution in [0.5, 0.6) is 0 Å². The molecule has 200 valence electrons. The lowest BCUT2D eigenvalue weighted by Crippen LogP contribution is -2.44. The molecule has 2 aromatic heterocycles. The van der Waals surface area contributed by atoms with Gasteiger partial charge in [-0.15, -0.1) is 0 Å². The summed E-state index contributed by atoms with van der Waals surface area (Å²) in [6.45, 7) is 2.62. The van der Waals surface area contributed by atoms with Crippen LogP contribution in [0.25, 0.3) is 16.9 Å². The predicted octanol–water partition coefficient (Wildman–Crippen LogP) is 4.84. The number of hydrogen-bond acceptors (Lipinski definition) is 7. The monoisotopic (exact) mass is 548 g/mol. The van der Waals surface area contributed by atoms with E-state index in [-0.39, 0.29) is 5.69 Å². The first-order valence-corrected chi connectivity index (χ1v) is 11.8. The molecule has 0 radical (unpaired) electrons. The molecule has 2 aromatic carbocycles. The molecule has 1 unspecified atom stereocenters. The Labute approximate surface area is 220 Å². The third-order valence-corrected chi connectivity index (χ3v) is 5.85. The second-order valence-electron chi connectivity index (χ2n) is 8.24. The number of nitrogens with zero attached hydrogens (tertiary/aromatic N) is 5. The Bertz CT molecular complexity index is 1430. The van der Waals surface area contributed by atoms with E-state index in [0.29, 0.717) is 34.9 Å². The van der Waals surface area contributed by atoms with Gasteiger partial charge in [0.15, 0.2) is 23.3 Å². The maximum Gasteiger partial charge on any atom is 0.417 e. The summed E-state index contributed by atoms with van der Waals surface area (Å²) in [7, 11) is 1.69. The summed E-state index contributed by atoms with van der Waals surface area (Å²) in [4.78, 5) is 26.9. The lowest BCUT2D eigenvalue weighted by atomic mass is 10.2. The molecule has 0 bridgehead atoms. The standard InChI is InChI=1S/C24H24ClF3N8O2/c1-3-10-29-23(38)35(2)20-19-21(31-12-30-20)36(13-32-19)16-7-4-14(5-8-16)33-22(37)34-15-6-9-18(25)17(11-15)24(26,27)28/h4-9,11-13,23,29,38H,3,10H2,1-2H3,(H2,33,34,37). The fraction of sp³-hybridized carbons (Fsp3) is 0.250. The first-order chi connectivity index (χ1) is 18.1. The smallest absolute Gasteiger partial charge is 0.361 e. The summed E-state index contributed by atoms with van der Waals surface area (Å²) in [5.41, 5.74) is 0.972. The van der Waals surface area contributed by atoms with Crippen molar-refractivity contribution in [3.05, 3.63) is 65.7 Å². The van der Waals surface area contributed by atoms with E-state index in [2.05, 4.69) is 30.9 Å². The van der Waals surface area contributed by atoms with Crippen LogP contribution in [-0.2, 0) is 6.18 Å². The van der Waals surface area contributed by atoms with Crippen molar-refractivity contribution >= 4 is 46.0 Å². The van der Waals surface area contributed by atoms with Crippen LogP contribution in [0.3, 0.4) is 0 Å². The first kappa shape index (κ1) is 27.1. The summed E-state index contributed by atoms with van der Waals surface area (Å²) < 4.78 is 40.9. The summed E-state index contributed by atoms with van der Waals surface area (Å²) in [5.74, 6) is 0.440. The van der Waals surface area contributed by atoms with E-state index < -0.39 is 29.1 Å². The van der Waals surface area contributed by atoms with E-state index in [1.54, 1.807) is 47.1 Å². The number of aliphatic hydroxyl groups is 1. The van der Waals surface area contributed by atoms with Crippen molar-refractivity contribution in [1.82, 2.24) is 24.8 Å². The Morgan fingerprint density at radius 3 is 2.47 bits per heavy atom.